The van der Waals surface area contributed by atoms with E-state index < -0.39 is 0 Å². The Morgan fingerprint density at radius 1 is 1.12 bits per heavy atom. The molecule has 0 bridgehead atoms. The summed E-state index contributed by atoms with van der Waals surface area (Å²) in [6.07, 6.45) is 3.65. The molecule has 4 heterocycles. The molecule has 0 radical (unpaired) electrons. The van der Waals surface area contributed by atoms with Crippen molar-refractivity contribution < 1.29 is 14.1 Å². The molecule has 3 aromatic heterocycles. The Morgan fingerprint density at radius 3 is 2.61 bits per heavy atom. The summed E-state index contributed by atoms with van der Waals surface area (Å²) < 4.78 is 12.3. The number of benzene rings is 1. The number of hydrogen-bond acceptors (Lipinski definition) is 9. The van der Waals surface area contributed by atoms with Crippen molar-refractivity contribution in [1.82, 2.24) is 34.7 Å². The van der Waals surface area contributed by atoms with Crippen LogP contribution in [-0.2, 0) is 13.6 Å². The second-order valence-corrected chi connectivity index (χ2v) is 8.61. The maximum atomic E-state index is 12.9. The van der Waals surface area contributed by atoms with Gasteiger partial charge in [-0.25, -0.2) is 4.98 Å². The third-order valence-corrected chi connectivity index (χ3v) is 6.40. The van der Waals surface area contributed by atoms with E-state index in [0.717, 1.165) is 35.0 Å². The van der Waals surface area contributed by atoms with Crippen molar-refractivity contribution in [3.63, 3.8) is 0 Å². The average molecular weight is 466 g/mol. The molecule has 1 aromatic carbocycles. The molecule has 0 N–H and O–H groups in total. The molecule has 11 heteroatoms. The zero-order chi connectivity index (χ0) is 22.8. The first-order valence-corrected chi connectivity index (χ1v) is 11.4. The molecule has 4 aromatic rings. The van der Waals surface area contributed by atoms with Crippen LogP contribution < -0.4 is 4.74 Å². The smallest absolute Gasteiger partial charge is 0.273 e. The Balaban J connectivity index is 1.16. The molecule has 33 heavy (non-hydrogen) atoms. The number of methoxy groups -OCH3 is 1. The van der Waals surface area contributed by atoms with Gasteiger partial charge in [-0.2, -0.15) is 10.1 Å². The minimum Gasteiger partial charge on any atom is -0.497 e. The van der Waals surface area contributed by atoms with Crippen molar-refractivity contribution in [2.45, 2.75) is 6.54 Å². The Bertz CT molecular complexity index is 1240. The van der Waals surface area contributed by atoms with Gasteiger partial charge >= 0.3 is 0 Å². The van der Waals surface area contributed by atoms with Gasteiger partial charge in [0.2, 0.25) is 11.7 Å². The molecule has 0 unspecified atom stereocenters. The Labute approximate surface area is 194 Å². The van der Waals surface area contributed by atoms with Crippen LogP contribution in [0.3, 0.4) is 0 Å². The molecular formula is C22H23N7O3S. The van der Waals surface area contributed by atoms with E-state index in [-0.39, 0.29) is 5.91 Å². The first-order chi connectivity index (χ1) is 16.1. The Kier molecular flexibility index (Phi) is 5.88. The number of carbonyl (C=O) groups excluding carboxylic acids is 1. The summed E-state index contributed by atoms with van der Waals surface area (Å²) in [4.78, 5) is 26.0. The third kappa shape index (κ3) is 4.64. The maximum Gasteiger partial charge on any atom is 0.273 e. The maximum absolute atomic E-state index is 12.9. The van der Waals surface area contributed by atoms with Gasteiger partial charge in [-0.05, 0) is 24.3 Å². The number of nitrogens with zero attached hydrogens (tertiary/aromatic N) is 7. The van der Waals surface area contributed by atoms with Crippen molar-refractivity contribution in [1.29, 1.82) is 0 Å². The van der Waals surface area contributed by atoms with Gasteiger partial charge in [-0.15, -0.1) is 11.3 Å². The average Bonchev–Trinajstić information content (AvgIpc) is 3.60. The SMILES string of the molecule is COc1ccc(-c2noc(CN3CCN(C(=O)c4csc(-c5cnn(C)c5)n4)CC3)n2)cc1. The number of rotatable bonds is 6. The van der Waals surface area contributed by atoms with Gasteiger partial charge in [0.05, 0.1) is 19.9 Å². The van der Waals surface area contributed by atoms with Crippen LogP contribution in [0, 0.1) is 0 Å². The number of aryl methyl sites for hydroxylation is 1. The zero-order valence-corrected chi connectivity index (χ0v) is 19.2. The van der Waals surface area contributed by atoms with Crippen molar-refractivity contribution in [3.8, 4) is 27.7 Å². The van der Waals surface area contributed by atoms with Crippen LogP contribution in [0.2, 0.25) is 0 Å². The molecule has 0 saturated carbocycles. The molecule has 0 aliphatic carbocycles. The summed E-state index contributed by atoms with van der Waals surface area (Å²) in [6, 6.07) is 7.53. The molecule has 1 saturated heterocycles. The first kappa shape index (κ1) is 21.3. The highest BCUT2D eigenvalue weighted by atomic mass is 32.1. The van der Waals surface area contributed by atoms with E-state index in [2.05, 4.69) is 25.1 Å². The molecule has 0 spiro atoms. The molecule has 170 valence electrons. The lowest BCUT2D eigenvalue weighted by Crippen LogP contribution is -2.48. The summed E-state index contributed by atoms with van der Waals surface area (Å²) in [6.45, 7) is 3.25. The number of aromatic nitrogens is 5. The Morgan fingerprint density at radius 2 is 1.91 bits per heavy atom. The van der Waals surface area contributed by atoms with Gasteiger partial charge in [0.25, 0.3) is 5.91 Å². The van der Waals surface area contributed by atoms with Gasteiger partial charge in [-0.3, -0.25) is 14.4 Å². The van der Waals surface area contributed by atoms with E-state index in [4.69, 9.17) is 9.26 Å². The van der Waals surface area contributed by atoms with Crippen molar-refractivity contribution in [2.24, 2.45) is 7.05 Å². The normalized spacial score (nSPS) is 14.5. The third-order valence-electron chi connectivity index (χ3n) is 5.51. The second-order valence-electron chi connectivity index (χ2n) is 7.75. The largest absolute Gasteiger partial charge is 0.497 e. The van der Waals surface area contributed by atoms with Gasteiger partial charge in [0, 0.05) is 55.9 Å². The highest BCUT2D eigenvalue weighted by Gasteiger charge is 2.25. The fraction of sp³-hybridized carbons (Fsp3) is 0.318. The van der Waals surface area contributed by atoms with Crippen molar-refractivity contribution >= 4 is 17.2 Å². The molecule has 1 aliphatic rings. The van der Waals surface area contributed by atoms with Crippen molar-refractivity contribution in [3.05, 3.63) is 53.6 Å². The van der Waals surface area contributed by atoms with E-state index in [1.807, 2.05) is 47.8 Å². The van der Waals surface area contributed by atoms with E-state index >= 15 is 0 Å². The summed E-state index contributed by atoms with van der Waals surface area (Å²) in [5.41, 5.74) is 2.27. The monoisotopic (exact) mass is 465 g/mol. The molecule has 1 fully saturated rings. The molecule has 1 aliphatic heterocycles. The lowest BCUT2D eigenvalue weighted by atomic mass is 10.2. The van der Waals surface area contributed by atoms with Gasteiger partial charge < -0.3 is 14.2 Å². The molecule has 10 nitrogen and oxygen atoms in total. The number of thiazole rings is 1. The second kappa shape index (κ2) is 9.12. The number of amides is 1. The molecule has 5 rings (SSSR count). The van der Waals surface area contributed by atoms with Crippen molar-refractivity contribution in [2.75, 3.05) is 33.3 Å². The fourth-order valence-corrected chi connectivity index (χ4v) is 4.44. The zero-order valence-electron chi connectivity index (χ0n) is 18.3. The van der Waals surface area contributed by atoms with Gasteiger partial charge in [-0.1, -0.05) is 5.16 Å². The van der Waals surface area contributed by atoms with E-state index in [9.17, 15) is 4.79 Å². The minimum atomic E-state index is -0.0411. The Hall–Kier alpha value is -3.57. The first-order valence-electron chi connectivity index (χ1n) is 10.5. The van der Waals surface area contributed by atoms with Crippen LogP contribution in [0.5, 0.6) is 5.75 Å². The van der Waals surface area contributed by atoms with Gasteiger partial charge in [0.1, 0.15) is 16.5 Å². The quantitative estimate of drug-likeness (QED) is 0.428. The number of ether oxygens (including phenoxy) is 1. The van der Waals surface area contributed by atoms with Crippen LogP contribution >= 0.6 is 11.3 Å². The highest BCUT2D eigenvalue weighted by molar-refractivity contribution is 7.13. The minimum absolute atomic E-state index is 0.0411. The van der Waals surface area contributed by atoms with Gasteiger partial charge in [0.15, 0.2) is 0 Å². The predicted octanol–water partition coefficient (Wildman–Crippen LogP) is 2.56. The molecular weight excluding hydrogens is 442 g/mol. The summed E-state index contributed by atoms with van der Waals surface area (Å²) in [5, 5.41) is 10.9. The lowest BCUT2D eigenvalue weighted by Gasteiger charge is -2.33. The number of hydrogen-bond donors (Lipinski definition) is 0. The number of piperazine rings is 1. The van der Waals surface area contributed by atoms with Crippen LogP contribution in [-0.4, -0.2) is 73.9 Å². The summed E-state index contributed by atoms with van der Waals surface area (Å²) in [5.74, 6) is 1.84. The standard InChI is InChI=1S/C22H23N7O3S/c1-27-12-16(11-23-27)21-24-18(14-33-21)22(30)29-9-7-28(8-10-29)13-19-25-20(26-32-19)15-3-5-17(31-2)6-4-15/h3-6,11-12,14H,7-10,13H2,1-2H3. The fourth-order valence-electron chi connectivity index (χ4n) is 3.68. The van der Waals surface area contributed by atoms with E-state index in [1.54, 1.807) is 18.0 Å². The van der Waals surface area contributed by atoms with Crippen LogP contribution in [0.15, 0.2) is 46.6 Å². The topological polar surface area (TPSA) is 102 Å². The van der Waals surface area contributed by atoms with E-state index in [0.29, 0.717) is 37.0 Å². The lowest BCUT2D eigenvalue weighted by molar-refractivity contribution is 0.0610. The molecule has 0 atom stereocenters. The van der Waals surface area contributed by atoms with Crippen LogP contribution in [0.1, 0.15) is 16.4 Å². The summed E-state index contributed by atoms with van der Waals surface area (Å²) >= 11 is 1.46. The van der Waals surface area contributed by atoms with Crippen LogP contribution in [0.4, 0.5) is 0 Å². The number of carbonyl (C=O) groups is 1. The molecule has 1 amide bonds. The predicted molar refractivity (Wildman–Crippen MR) is 122 cm³/mol. The van der Waals surface area contributed by atoms with Crippen LogP contribution in [0.25, 0.3) is 22.0 Å². The summed E-state index contributed by atoms with van der Waals surface area (Å²) in [7, 11) is 3.49. The highest BCUT2D eigenvalue weighted by Crippen LogP contribution is 2.24. The van der Waals surface area contributed by atoms with E-state index in [1.165, 1.54) is 11.3 Å².